The highest BCUT2D eigenvalue weighted by molar-refractivity contribution is 5.71. The average Bonchev–Trinajstić information content (AvgIpc) is 3.20. The first kappa shape index (κ1) is 57.4. The Hall–Kier alpha value is -1.59. The zero-order chi connectivity index (χ0) is 43.3. The van der Waals surface area contributed by atoms with E-state index in [1.165, 1.54) is 180 Å². The largest absolute Gasteiger partial charge is 0.462 e. The lowest BCUT2D eigenvalue weighted by atomic mass is 10.0. The van der Waals surface area contributed by atoms with E-state index in [-0.39, 0.29) is 31.1 Å². The van der Waals surface area contributed by atoms with Gasteiger partial charge in [0.05, 0.1) is 0 Å². The summed E-state index contributed by atoms with van der Waals surface area (Å²) in [6.07, 6.45) is 46.6. The van der Waals surface area contributed by atoms with E-state index in [4.69, 9.17) is 14.2 Å². The summed E-state index contributed by atoms with van der Waals surface area (Å²) >= 11 is 0. The minimum atomic E-state index is -0.760. The molecular weight excluding hydrogens is 733 g/mol. The third kappa shape index (κ3) is 47.3. The summed E-state index contributed by atoms with van der Waals surface area (Å²) in [6, 6.07) is 0. The lowest BCUT2D eigenvalue weighted by Gasteiger charge is -2.18. The van der Waals surface area contributed by atoms with Crippen LogP contribution in [0.15, 0.2) is 0 Å². The number of hydrogen-bond acceptors (Lipinski definition) is 6. The van der Waals surface area contributed by atoms with E-state index >= 15 is 0 Å². The van der Waals surface area contributed by atoms with E-state index in [1.54, 1.807) is 0 Å². The molecule has 350 valence electrons. The third-order valence-corrected chi connectivity index (χ3v) is 12.0. The van der Waals surface area contributed by atoms with Gasteiger partial charge in [-0.3, -0.25) is 14.4 Å². The van der Waals surface area contributed by atoms with Crippen LogP contribution in [-0.2, 0) is 28.6 Å². The second-order valence-electron chi connectivity index (χ2n) is 19.1. The molecule has 59 heavy (non-hydrogen) atoms. The van der Waals surface area contributed by atoms with E-state index < -0.39 is 6.10 Å². The first-order valence-electron chi connectivity index (χ1n) is 26.2. The molecule has 0 saturated heterocycles. The van der Waals surface area contributed by atoms with Crippen molar-refractivity contribution in [2.75, 3.05) is 13.2 Å². The predicted molar refractivity (Wildman–Crippen MR) is 252 cm³/mol. The Morgan fingerprint density at radius 3 is 0.831 bits per heavy atom. The molecule has 0 aromatic carbocycles. The second-order valence-corrected chi connectivity index (χ2v) is 19.1. The van der Waals surface area contributed by atoms with Gasteiger partial charge in [-0.05, 0) is 31.1 Å². The van der Waals surface area contributed by atoms with Crippen LogP contribution in [0.1, 0.15) is 291 Å². The van der Waals surface area contributed by atoms with Gasteiger partial charge >= 0.3 is 17.9 Å². The molecule has 0 rings (SSSR count). The first-order valence-corrected chi connectivity index (χ1v) is 26.2. The van der Waals surface area contributed by atoms with E-state index in [2.05, 4.69) is 34.6 Å². The summed E-state index contributed by atoms with van der Waals surface area (Å²) in [4.78, 5) is 37.9. The molecule has 0 N–H and O–H groups in total. The van der Waals surface area contributed by atoms with Gasteiger partial charge in [0, 0.05) is 19.3 Å². The Morgan fingerprint density at radius 1 is 0.322 bits per heavy atom. The van der Waals surface area contributed by atoms with Crippen LogP contribution >= 0.6 is 0 Å². The number of rotatable bonds is 47. The van der Waals surface area contributed by atoms with Gasteiger partial charge in [-0.25, -0.2) is 0 Å². The highest BCUT2D eigenvalue weighted by atomic mass is 16.6. The number of esters is 3. The van der Waals surface area contributed by atoms with Gasteiger partial charge in [0.15, 0.2) is 6.10 Å². The fourth-order valence-corrected chi connectivity index (χ4v) is 7.99. The van der Waals surface area contributed by atoms with E-state index in [9.17, 15) is 14.4 Å². The van der Waals surface area contributed by atoms with Crippen molar-refractivity contribution in [3.05, 3.63) is 0 Å². The lowest BCUT2D eigenvalue weighted by molar-refractivity contribution is -0.167. The molecule has 0 saturated carbocycles. The van der Waals surface area contributed by atoms with Crippen molar-refractivity contribution in [2.45, 2.75) is 298 Å². The van der Waals surface area contributed by atoms with Gasteiger partial charge in [0.2, 0.25) is 0 Å². The Balaban J connectivity index is 4.23. The number of ether oxygens (including phenoxy) is 3. The molecule has 0 aliphatic rings. The van der Waals surface area contributed by atoms with E-state index in [0.717, 1.165) is 69.6 Å². The molecule has 0 fully saturated rings. The number of unbranched alkanes of at least 4 members (excludes halogenated alkanes) is 32. The van der Waals surface area contributed by atoms with E-state index in [0.29, 0.717) is 19.3 Å². The van der Waals surface area contributed by atoms with Gasteiger partial charge in [-0.15, -0.1) is 0 Å². The van der Waals surface area contributed by atoms with Crippen molar-refractivity contribution in [3.8, 4) is 0 Å². The minimum Gasteiger partial charge on any atom is -0.462 e. The average molecular weight is 835 g/mol. The summed E-state index contributed by atoms with van der Waals surface area (Å²) in [7, 11) is 0. The lowest BCUT2D eigenvalue weighted by Crippen LogP contribution is -2.30. The smallest absolute Gasteiger partial charge is 0.306 e. The van der Waals surface area contributed by atoms with Crippen LogP contribution in [0.4, 0.5) is 0 Å². The molecule has 0 aliphatic heterocycles. The summed E-state index contributed by atoms with van der Waals surface area (Å²) in [5.74, 6) is 0.829. The normalized spacial score (nSPS) is 12.1. The maximum atomic E-state index is 12.7. The van der Waals surface area contributed by atoms with Crippen molar-refractivity contribution in [1.82, 2.24) is 0 Å². The maximum absolute atomic E-state index is 12.7. The van der Waals surface area contributed by atoms with Crippen LogP contribution < -0.4 is 0 Å². The summed E-state index contributed by atoms with van der Waals surface area (Å²) in [6.45, 7) is 11.4. The Labute approximate surface area is 368 Å². The molecule has 0 heterocycles. The molecule has 0 aromatic heterocycles. The van der Waals surface area contributed by atoms with Crippen molar-refractivity contribution in [1.29, 1.82) is 0 Å². The molecule has 0 amide bonds. The van der Waals surface area contributed by atoms with Gasteiger partial charge < -0.3 is 14.2 Å². The zero-order valence-electron chi connectivity index (χ0n) is 40.4. The molecule has 6 nitrogen and oxygen atoms in total. The second kappa shape index (κ2) is 45.9. The number of hydrogen-bond donors (Lipinski definition) is 0. The van der Waals surface area contributed by atoms with Gasteiger partial charge in [0.25, 0.3) is 0 Å². The quantitative estimate of drug-likeness (QED) is 0.0345. The number of carbonyl (C=O) groups excluding carboxylic acids is 3. The van der Waals surface area contributed by atoms with Crippen LogP contribution in [0, 0.1) is 11.8 Å². The van der Waals surface area contributed by atoms with Crippen LogP contribution in [0.2, 0.25) is 0 Å². The van der Waals surface area contributed by atoms with Crippen LogP contribution in [0.3, 0.4) is 0 Å². The Morgan fingerprint density at radius 2 is 0.559 bits per heavy atom. The Kier molecular flexibility index (Phi) is 44.7. The highest BCUT2D eigenvalue weighted by Crippen LogP contribution is 2.17. The molecule has 0 radical (unpaired) electrons. The van der Waals surface area contributed by atoms with Gasteiger partial charge in [-0.1, -0.05) is 253 Å². The summed E-state index contributed by atoms with van der Waals surface area (Å²) in [5, 5.41) is 0. The maximum Gasteiger partial charge on any atom is 0.306 e. The topological polar surface area (TPSA) is 78.9 Å². The minimum absolute atomic E-state index is 0.0636. The SMILES string of the molecule is CCCCCCCCCCCC(=O)O[C@@H](COC(=O)CCCCCCCCCCCCCCCCC(C)C)COC(=O)CCCCCCCCCCCCCCC(C)C. The summed E-state index contributed by atoms with van der Waals surface area (Å²) < 4.78 is 16.8. The fraction of sp³-hybridized carbons (Fsp3) is 0.943. The van der Waals surface area contributed by atoms with Crippen molar-refractivity contribution in [3.63, 3.8) is 0 Å². The molecule has 0 unspecified atom stereocenters. The highest BCUT2D eigenvalue weighted by Gasteiger charge is 2.19. The zero-order valence-corrected chi connectivity index (χ0v) is 40.4. The monoisotopic (exact) mass is 835 g/mol. The molecule has 0 bridgehead atoms. The fourth-order valence-electron chi connectivity index (χ4n) is 7.99. The van der Waals surface area contributed by atoms with Crippen molar-refractivity contribution < 1.29 is 28.6 Å². The Bertz CT molecular complexity index is 900. The van der Waals surface area contributed by atoms with Gasteiger partial charge in [0.1, 0.15) is 13.2 Å². The molecule has 0 aliphatic carbocycles. The standard InChI is InChI=1S/C53H102O6/c1-6-7-8-9-10-21-30-35-40-45-53(56)59-50(47-58-52(55)44-39-34-29-25-20-16-15-18-23-27-32-37-42-49(4)5)46-57-51(54)43-38-33-28-24-19-14-12-11-13-17-22-26-31-36-41-48(2)3/h48-50H,6-47H2,1-5H3/t50-/m0/s1. The van der Waals surface area contributed by atoms with Crippen LogP contribution in [0.5, 0.6) is 0 Å². The molecule has 0 aromatic rings. The third-order valence-electron chi connectivity index (χ3n) is 12.0. The van der Waals surface area contributed by atoms with E-state index in [1.807, 2.05) is 0 Å². The molecular formula is C53H102O6. The van der Waals surface area contributed by atoms with Gasteiger partial charge in [-0.2, -0.15) is 0 Å². The molecule has 1 atom stereocenters. The number of carbonyl (C=O) groups is 3. The molecule has 0 spiro atoms. The van der Waals surface area contributed by atoms with Crippen molar-refractivity contribution >= 4 is 17.9 Å². The predicted octanol–water partition coefficient (Wildman–Crippen LogP) is 16.9. The van der Waals surface area contributed by atoms with Crippen LogP contribution in [-0.4, -0.2) is 37.2 Å². The first-order chi connectivity index (χ1) is 28.7. The molecule has 6 heteroatoms. The summed E-state index contributed by atoms with van der Waals surface area (Å²) in [5.41, 5.74) is 0. The van der Waals surface area contributed by atoms with Crippen molar-refractivity contribution in [2.24, 2.45) is 11.8 Å². The van der Waals surface area contributed by atoms with Crippen LogP contribution in [0.25, 0.3) is 0 Å².